The van der Waals surface area contributed by atoms with Crippen LogP contribution in [0.5, 0.6) is 0 Å². The molecule has 1 aliphatic heterocycles. The van der Waals surface area contributed by atoms with E-state index in [0.717, 1.165) is 23.4 Å². The van der Waals surface area contributed by atoms with Gasteiger partial charge in [0.1, 0.15) is 0 Å². The van der Waals surface area contributed by atoms with Crippen LogP contribution in [0.2, 0.25) is 0 Å². The zero-order valence-corrected chi connectivity index (χ0v) is 14.2. The van der Waals surface area contributed by atoms with Crippen LogP contribution in [0.1, 0.15) is 11.5 Å². The number of hydrogen-bond donors (Lipinski definition) is 2. The molecule has 7 heteroatoms. The predicted molar refractivity (Wildman–Crippen MR) is 97.3 cm³/mol. The van der Waals surface area contributed by atoms with Gasteiger partial charge >= 0.3 is 6.03 Å². The van der Waals surface area contributed by atoms with Crippen LogP contribution in [0.15, 0.2) is 59.0 Å². The van der Waals surface area contributed by atoms with E-state index in [4.69, 9.17) is 4.42 Å². The second kappa shape index (κ2) is 7.26. The highest BCUT2D eigenvalue weighted by Crippen LogP contribution is 2.20. The Hall–Kier alpha value is -3.35. The minimum absolute atomic E-state index is 0.0239. The zero-order valence-electron chi connectivity index (χ0n) is 14.2. The summed E-state index contributed by atoms with van der Waals surface area (Å²) in [7, 11) is 0. The Labute approximate surface area is 151 Å². The third kappa shape index (κ3) is 3.51. The van der Waals surface area contributed by atoms with Gasteiger partial charge in [-0.15, -0.1) is 10.2 Å². The first-order chi connectivity index (χ1) is 12.8. The van der Waals surface area contributed by atoms with E-state index < -0.39 is 0 Å². The molecule has 2 heterocycles. The van der Waals surface area contributed by atoms with Gasteiger partial charge in [0.15, 0.2) is 0 Å². The van der Waals surface area contributed by atoms with Crippen LogP contribution in [-0.4, -0.2) is 34.2 Å². The van der Waals surface area contributed by atoms with Crippen molar-refractivity contribution in [1.82, 2.24) is 20.4 Å². The van der Waals surface area contributed by atoms with Crippen LogP contribution < -0.4 is 10.6 Å². The van der Waals surface area contributed by atoms with Gasteiger partial charge < -0.3 is 20.0 Å². The summed E-state index contributed by atoms with van der Waals surface area (Å²) < 4.78 is 5.72. The molecule has 3 aromatic rings. The Morgan fingerprint density at radius 2 is 1.88 bits per heavy atom. The fraction of sp³-hybridized carbons (Fsp3) is 0.211. The van der Waals surface area contributed by atoms with E-state index in [1.54, 1.807) is 4.90 Å². The Balaban J connectivity index is 1.44. The van der Waals surface area contributed by atoms with E-state index in [-0.39, 0.29) is 6.03 Å². The van der Waals surface area contributed by atoms with E-state index in [1.165, 1.54) is 0 Å². The van der Waals surface area contributed by atoms with Gasteiger partial charge in [-0.25, -0.2) is 4.79 Å². The highest BCUT2D eigenvalue weighted by Gasteiger charge is 2.20. The van der Waals surface area contributed by atoms with Crippen LogP contribution in [0.4, 0.5) is 10.5 Å². The summed E-state index contributed by atoms with van der Waals surface area (Å²) in [5.41, 5.74) is 2.89. The van der Waals surface area contributed by atoms with Crippen molar-refractivity contribution in [3.63, 3.8) is 0 Å². The number of nitrogens with one attached hydrogen (secondary N) is 2. The van der Waals surface area contributed by atoms with E-state index in [0.29, 0.717) is 31.4 Å². The highest BCUT2D eigenvalue weighted by molar-refractivity contribution is 5.76. The molecule has 0 bridgehead atoms. The highest BCUT2D eigenvalue weighted by atomic mass is 16.4. The number of carbonyl (C=O) groups excluding carboxylic acids is 1. The van der Waals surface area contributed by atoms with Gasteiger partial charge in [0.05, 0.1) is 6.54 Å². The number of urea groups is 1. The number of aromatic nitrogens is 2. The van der Waals surface area contributed by atoms with Crippen LogP contribution in [0.3, 0.4) is 0 Å². The molecule has 2 aromatic carbocycles. The smallest absolute Gasteiger partial charge is 0.317 e. The number of benzene rings is 2. The third-order valence-electron chi connectivity index (χ3n) is 4.24. The Bertz CT molecular complexity index is 894. The van der Waals surface area contributed by atoms with Crippen LogP contribution in [-0.2, 0) is 13.1 Å². The molecule has 1 aromatic heterocycles. The van der Waals surface area contributed by atoms with E-state index in [2.05, 4.69) is 20.8 Å². The summed E-state index contributed by atoms with van der Waals surface area (Å²) in [5, 5.41) is 14.3. The number of para-hydroxylation sites is 1. The molecular formula is C19H19N5O2. The molecule has 0 aliphatic carbocycles. The van der Waals surface area contributed by atoms with Crippen molar-refractivity contribution in [3.05, 3.63) is 66.1 Å². The molecule has 1 saturated heterocycles. The molecule has 2 amide bonds. The summed E-state index contributed by atoms with van der Waals surface area (Å²) in [5.74, 6) is 1.02. The van der Waals surface area contributed by atoms with E-state index in [9.17, 15) is 4.79 Å². The first-order valence-corrected chi connectivity index (χ1v) is 8.52. The maximum atomic E-state index is 11.8. The molecule has 0 atom stereocenters. The van der Waals surface area contributed by atoms with Gasteiger partial charge in [0.2, 0.25) is 11.8 Å². The molecule has 0 unspecified atom stereocenters. The number of carbonyl (C=O) groups is 1. The maximum Gasteiger partial charge on any atom is 0.317 e. The summed E-state index contributed by atoms with van der Waals surface area (Å²) in [6.07, 6.45) is 0. The molecule has 1 aliphatic rings. The zero-order chi connectivity index (χ0) is 17.8. The number of amides is 2. The second-order valence-electron chi connectivity index (χ2n) is 6.03. The van der Waals surface area contributed by atoms with Crippen LogP contribution >= 0.6 is 0 Å². The molecule has 7 nitrogen and oxygen atoms in total. The average Bonchev–Trinajstić information content (AvgIpc) is 3.31. The van der Waals surface area contributed by atoms with Gasteiger partial charge in [-0.3, -0.25) is 0 Å². The quantitative estimate of drug-likeness (QED) is 0.715. The molecule has 26 heavy (non-hydrogen) atoms. The van der Waals surface area contributed by atoms with Gasteiger partial charge in [-0.2, -0.15) is 0 Å². The molecule has 0 spiro atoms. The van der Waals surface area contributed by atoms with Gasteiger partial charge in [-0.1, -0.05) is 36.4 Å². The topological polar surface area (TPSA) is 83.3 Å². The summed E-state index contributed by atoms with van der Waals surface area (Å²) in [6, 6.07) is 17.6. The van der Waals surface area contributed by atoms with Gasteiger partial charge in [0.25, 0.3) is 0 Å². The third-order valence-corrected chi connectivity index (χ3v) is 4.24. The standard InChI is InChI=1S/C19H19N5O2/c25-19-20-10-11-24(19)13-15-8-4-5-9-16(15)21-12-17-22-23-18(26-17)14-6-2-1-3-7-14/h1-9,21H,10-13H2,(H,20,25). The second-order valence-corrected chi connectivity index (χ2v) is 6.03. The minimum atomic E-state index is -0.0239. The lowest BCUT2D eigenvalue weighted by Gasteiger charge is -2.17. The van der Waals surface area contributed by atoms with Crippen molar-refractivity contribution >= 4 is 11.7 Å². The molecule has 0 saturated carbocycles. The summed E-state index contributed by atoms with van der Waals surface area (Å²) >= 11 is 0. The van der Waals surface area contributed by atoms with Crippen molar-refractivity contribution < 1.29 is 9.21 Å². The number of nitrogens with zero attached hydrogens (tertiary/aromatic N) is 3. The maximum absolute atomic E-state index is 11.8. The fourth-order valence-corrected chi connectivity index (χ4v) is 2.89. The lowest BCUT2D eigenvalue weighted by atomic mass is 10.1. The molecule has 132 valence electrons. The first-order valence-electron chi connectivity index (χ1n) is 8.52. The molecule has 4 rings (SSSR count). The monoisotopic (exact) mass is 349 g/mol. The van der Waals surface area contributed by atoms with E-state index >= 15 is 0 Å². The van der Waals surface area contributed by atoms with Gasteiger partial charge in [-0.05, 0) is 23.8 Å². The number of hydrogen-bond acceptors (Lipinski definition) is 5. The lowest BCUT2D eigenvalue weighted by Crippen LogP contribution is -2.27. The van der Waals surface area contributed by atoms with Crippen molar-refractivity contribution in [2.24, 2.45) is 0 Å². The number of rotatable bonds is 6. The molecule has 2 N–H and O–H groups in total. The Morgan fingerprint density at radius 3 is 2.69 bits per heavy atom. The Morgan fingerprint density at radius 1 is 1.08 bits per heavy atom. The largest absolute Gasteiger partial charge is 0.419 e. The fourth-order valence-electron chi connectivity index (χ4n) is 2.89. The molecule has 0 radical (unpaired) electrons. The molecule has 1 fully saturated rings. The first kappa shape index (κ1) is 16.1. The van der Waals surface area contributed by atoms with Crippen LogP contribution in [0.25, 0.3) is 11.5 Å². The van der Waals surface area contributed by atoms with Crippen molar-refractivity contribution in [2.45, 2.75) is 13.1 Å². The normalized spacial score (nSPS) is 13.7. The van der Waals surface area contributed by atoms with Crippen LogP contribution in [0, 0.1) is 0 Å². The van der Waals surface area contributed by atoms with Gasteiger partial charge in [0, 0.05) is 30.9 Å². The summed E-state index contributed by atoms with van der Waals surface area (Å²) in [6.45, 7) is 2.40. The minimum Gasteiger partial charge on any atom is -0.419 e. The summed E-state index contributed by atoms with van der Waals surface area (Å²) in [4.78, 5) is 13.6. The van der Waals surface area contributed by atoms with Crippen molar-refractivity contribution in [1.29, 1.82) is 0 Å². The van der Waals surface area contributed by atoms with Crippen molar-refractivity contribution in [3.8, 4) is 11.5 Å². The lowest BCUT2D eigenvalue weighted by molar-refractivity contribution is 0.215. The predicted octanol–water partition coefficient (Wildman–Crippen LogP) is 2.87. The van der Waals surface area contributed by atoms with E-state index in [1.807, 2.05) is 54.6 Å². The average molecular weight is 349 g/mol. The SMILES string of the molecule is O=C1NCCN1Cc1ccccc1NCc1nnc(-c2ccccc2)o1. The molecular weight excluding hydrogens is 330 g/mol. The Kier molecular flexibility index (Phi) is 4.51. The van der Waals surface area contributed by atoms with Crippen molar-refractivity contribution in [2.75, 3.05) is 18.4 Å². The number of anilines is 1.